The van der Waals surface area contributed by atoms with Gasteiger partial charge in [-0.25, -0.2) is 4.98 Å². The van der Waals surface area contributed by atoms with Gasteiger partial charge in [-0.3, -0.25) is 4.79 Å². The summed E-state index contributed by atoms with van der Waals surface area (Å²) in [4.78, 5) is 16.6. The van der Waals surface area contributed by atoms with E-state index in [1.807, 2.05) is 0 Å². The molecule has 1 heterocycles. The van der Waals surface area contributed by atoms with Crippen LogP contribution in [0.2, 0.25) is 0 Å². The number of hydrogen-bond acceptors (Lipinski definition) is 4. The Morgan fingerprint density at radius 3 is 2.94 bits per heavy atom. The summed E-state index contributed by atoms with van der Waals surface area (Å²) in [5.41, 5.74) is 0.607. The smallest absolute Gasteiger partial charge is 0.204 e. The van der Waals surface area contributed by atoms with Gasteiger partial charge >= 0.3 is 0 Å². The number of carbonyl (C=O) groups is 1. The summed E-state index contributed by atoms with van der Waals surface area (Å²) in [6, 6.07) is 7.08. The molecule has 0 bridgehead atoms. The second-order valence-corrected chi connectivity index (χ2v) is 5.35. The molecule has 0 unspecified atom stereocenters. The predicted molar refractivity (Wildman–Crippen MR) is 66.2 cm³/mol. The van der Waals surface area contributed by atoms with Crippen LogP contribution in [0.15, 0.2) is 34.4 Å². The molecule has 0 spiro atoms. The molecule has 1 aromatic carbocycles. The highest BCUT2D eigenvalue weighted by atomic mass is 79.9. The number of aromatic nitrogens is 1. The maximum atomic E-state index is 12.0. The number of methoxy groups -OCH3 is 1. The summed E-state index contributed by atoms with van der Waals surface area (Å²) in [6.45, 7) is 0. The van der Waals surface area contributed by atoms with E-state index < -0.39 is 0 Å². The topological polar surface area (TPSA) is 39.2 Å². The minimum atomic E-state index is -0.0397. The van der Waals surface area contributed by atoms with Crippen molar-refractivity contribution in [2.75, 3.05) is 7.11 Å². The summed E-state index contributed by atoms with van der Waals surface area (Å²) in [7, 11) is 1.58. The molecule has 5 heteroatoms. The van der Waals surface area contributed by atoms with E-state index >= 15 is 0 Å². The molecule has 1 aromatic heterocycles. The molecule has 0 saturated heterocycles. The molecule has 2 rings (SSSR count). The number of ketones is 1. The fourth-order valence-electron chi connectivity index (χ4n) is 1.26. The minimum Gasteiger partial charge on any atom is -0.497 e. The molecule has 0 fully saturated rings. The Bertz CT molecular complexity index is 524. The summed E-state index contributed by atoms with van der Waals surface area (Å²) in [5, 5.41) is 0. The van der Waals surface area contributed by atoms with Crippen LogP contribution >= 0.6 is 27.3 Å². The molecule has 0 aliphatic heterocycles. The first-order valence-corrected chi connectivity index (χ1v) is 6.12. The maximum absolute atomic E-state index is 12.0. The minimum absolute atomic E-state index is 0.0397. The standard InChI is InChI=1S/C11H8BrNO2S/c1-15-8-4-2-3-7(5-8)10(14)9-6-13-11(12)16-9/h2-6H,1H3. The average Bonchev–Trinajstić information content (AvgIpc) is 2.75. The van der Waals surface area contributed by atoms with E-state index in [1.54, 1.807) is 37.6 Å². The SMILES string of the molecule is COc1cccc(C(=O)c2cnc(Br)s2)c1. The molecule has 0 aliphatic rings. The van der Waals surface area contributed by atoms with Gasteiger partial charge in [0.2, 0.25) is 5.78 Å². The van der Waals surface area contributed by atoms with Crippen molar-refractivity contribution in [2.24, 2.45) is 0 Å². The third kappa shape index (κ3) is 2.31. The number of halogens is 1. The van der Waals surface area contributed by atoms with Crippen molar-refractivity contribution in [3.8, 4) is 5.75 Å². The van der Waals surface area contributed by atoms with Crippen LogP contribution in [0.25, 0.3) is 0 Å². The fraction of sp³-hybridized carbons (Fsp3) is 0.0909. The third-order valence-electron chi connectivity index (χ3n) is 2.03. The Morgan fingerprint density at radius 1 is 1.50 bits per heavy atom. The van der Waals surface area contributed by atoms with Crippen molar-refractivity contribution in [1.29, 1.82) is 0 Å². The molecule has 0 amide bonds. The van der Waals surface area contributed by atoms with Crippen molar-refractivity contribution in [2.45, 2.75) is 0 Å². The first-order valence-electron chi connectivity index (χ1n) is 4.51. The fourth-order valence-corrected chi connectivity index (χ4v) is 2.49. The van der Waals surface area contributed by atoms with Gasteiger partial charge in [0.1, 0.15) is 5.75 Å². The molecule has 0 radical (unpaired) electrons. The summed E-state index contributed by atoms with van der Waals surface area (Å²) in [5.74, 6) is 0.636. The van der Waals surface area contributed by atoms with E-state index in [9.17, 15) is 4.79 Å². The van der Waals surface area contributed by atoms with Crippen LogP contribution in [0.1, 0.15) is 15.2 Å². The zero-order chi connectivity index (χ0) is 11.5. The Morgan fingerprint density at radius 2 is 2.31 bits per heavy atom. The van der Waals surface area contributed by atoms with Crippen LogP contribution in [0, 0.1) is 0 Å². The Balaban J connectivity index is 2.33. The number of rotatable bonds is 3. The highest BCUT2D eigenvalue weighted by Gasteiger charge is 2.12. The van der Waals surface area contributed by atoms with Crippen LogP contribution in [0.5, 0.6) is 5.75 Å². The summed E-state index contributed by atoms with van der Waals surface area (Å²) in [6.07, 6.45) is 1.57. The van der Waals surface area contributed by atoms with E-state index in [-0.39, 0.29) is 5.78 Å². The monoisotopic (exact) mass is 297 g/mol. The molecule has 3 nitrogen and oxygen atoms in total. The average molecular weight is 298 g/mol. The zero-order valence-electron chi connectivity index (χ0n) is 8.44. The highest BCUT2D eigenvalue weighted by molar-refractivity contribution is 9.11. The first-order chi connectivity index (χ1) is 7.70. The lowest BCUT2D eigenvalue weighted by Crippen LogP contribution is -1.98. The Hall–Kier alpha value is -1.20. The number of ether oxygens (including phenoxy) is 1. The third-order valence-corrected chi connectivity index (χ3v) is 3.51. The van der Waals surface area contributed by atoms with Crippen molar-refractivity contribution in [1.82, 2.24) is 4.98 Å². The Labute approximate surface area is 105 Å². The molecule has 0 atom stereocenters. The van der Waals surface area contributed by atoms with E-state index in [1.165, 1.54) is 11.3 Å². The van der Waals surface area contributed by atoms with Crippen molar-refractivity contribution >= 4 is 33.0 Å². The normalized spacial score (nSPS) is 10.1. The molecule has 82 valence electrons. The highest BCUT2D eigenvalue weighted by Crippen LogP contribution is 2.22. The molecular formula is C11H8BrNO2S. The van der Waals surface area contributed by atoms with Crippen LogP contribution in [-0.4, -0.2) is 17.9 Å². The van der Waals surface area contributed by atoms with Gasteiger partial charge < -0.3 is 4.74 Å². The van der Waals surface area contributed by atoms with Crippen LogP contribution in [0.4, 0.5) is 0 Å². The number of nitrogens with zero attached hydrogens (tertiary/aromatic N) is 1. The number of thiazole rings is 1. The number of benzene rings is 1. The van der Waals surface area contributed by atoms with Crippen molar-refractivity contribution < 1.29 is 9.53 Å². The van der Waals surface area contributed by atoms with Crippen LogP contribution < -0.4 is 4.74 Å². The van der Waals surface area contributed by atoms with Gasteiger partial charge in [0, 0.05) is 5.56 Å². The molecule has 0 N–H and O–H groups in total. The maximum Gasteiger partial charge on any atom is 0.204 e. The summed E-state index contributed by atoms with van der Waals surface area (Å²) >= 11 is 4.55. The second-order valence-electron chi connectivity index (χ2n) is 3.04. The lowest BCUT2D eigenvalue weighted by Gasteiger charge is -2.01. The second kappa shape index (κ2) is 4.76. The molecular weight excluding hydrogens is 290 g/mol. The van der Waals surface area contributed by atoms with Crippen LogP contribution in [0.3, 0.4) is 0 Å². The Kier molecular flexibility index (Phi) is 3.36. The molecule has 16 heavy (non-hydrogen) atoms. The van der Waals surface area contributed by atoms with E-state index in [2.05, 4.69) is 20.9 Å². The molecule has 0 aliphatic carbocycles. The van der Waals surface area contributed by atoms with E-state index in [0.717, 1.165) is 0 Å². The van der Waals surface area contributed by atoms with Crippen molar-refractivity contribution in [3.63, 3.8) is 0 Å². The zero-order valence-corrected chi connectivity index (χ0v) is 10.8. The lowest BCUT2D eigenvalue weighted by molar-refractivity contribution is 0.104. The van der Waals surface area contributed by atoms with E-state index in [4.69, 9.17) is 4.74 Å². The van der Waals surface area contributed by atoms with Gasteiger partial charge in [0.05, 0.1) is 18.2 Å². The summed E-state index contributed by atoms with van der Waals surface area (Å²) < 4.78 is 5.78. The van der Waals surface area contributed by atoms with Gasteiger partial charge in [-0.2, -0.15) is 0 Å². The van der Waals surface area contributed by atoms with E-state index in [0.29, 0.717) is 20.1 Å². The predicted octanol–water partition coefficient (Wildman–Crippen LogP) is 3.15. The van der Waals surface area contributed by atoms with Gasteiger partial charge in [0.15, 0.2) is 3.92 Å². The van der Waals surface area contributed by atoms with Gasteiger partial charge in [-0.15, -0.1) is 11.3 Å². The molecule has 0 saturated carbocycles. The largest absolute Gasteiger partial charge is 0.497 e. The van der Waals surface area contributed by atoms with Gasteiger partial charge in [0.25, 0.3) is 0 Å². The van der Waals surface area contributed by atoms with Crippen LogP contribution in [-0.2, 0) is 0 Å². The van der Waals surface area contributed by atoms with Crippen molar-refractivity contribution in [3.05, 3.63) is 44.8 Å². The number of carbonyl (C=O) groups excluding carboxylic acids is 1. The van der Waals surface area contributed by atoms with Gasteiger partial charge in [-0.1, -0.05) is 12.1 Å². The number of hydrogen-bond donors (Lipinski definition) is 0. The quantitative estimate of drug-likeness (QED) is 0.817. The molecule has 2 aromatic rings. The first kappa shape index (κ1) is 11.3. The lowest BCUT2D eigenvalue weighted by atomic mass is 10.1. The van der Waals surface area contributed by atoms with Gasteiger partial charge in [-0.05, 0) is 28.1 Å².